The van der Waals surface area contributed by atoms with E-state index in [4.69, 9.17) is 0 Å². The van der Waals surface area contributed by atoms with Crippen LogP contribution < -0.4 is 10.6 Å². The molecule has 27 heavy (non-hydrogen) atoms. The van der Waals surface area contributed by atoms with Crippen molar-refractivity contribution in [2.75, 3.05) is 17.7 Å². The zero-order valence-electron chi connectivity index (χ0n) is 14.4. The fraction of sp³-hybridized carbons (Fsp3) is 0.0500. The Bertz CT molecular complexity index is 974. The number of benzene rings is 2. The molecular formula is C20H16FN3O3. The number of carbonyl (C=O) groups is 2. The summed E-state index contributed by atoms with van der Waals surface area (Å²) in [5.41, 5.74) is 2.27. The number of halogens is 1. The monoisotopic (exact) mass is 365 g/mol. The van der Waals surface area contributed by atoms with E-state index in [2.05, 4.69) is 20.4 Å². The fourth-order valence-electron chi connectivity index (χ4n) is 2.37. The number of hydrogen-bond donors (Lipinski definition) is 2. The van der Waals surface area contributed by atoms with Gasteiger partial charge in [-0.2, -0.15) is 0 Å². The number of methoxy groups -OCH3 is 1. The summed E-state index contributed by atoms with van der Waals surface area (Å²) in [7, 11) is 1.29. The number of amides is 1. The first kappa shape index (κ1) is 18.1. The van der Waals surface area contributed by atoms with Crippen LogP contribution in [-0.2, 0) is 4.74 Å². The third kappa shape index (κ3) is 4.66. The van der Waals surface area contributed by atoms with Crippen molar-refractivity contribution in [1.29, 1.82) is 0 Å². The summed E-state index contributed by atoms with van der Waals surface area (Å²) in [5.74, 6) is -1.25. The summed E-state index contributed by atoms with van der Waals surface area (Å²) in [6.07, 6.45) is 1.49. The molecular weight excluding hydrogens is 349 g/mol. The first-order chi connectivity index (χ1) is 13.0. The zero-order valence-corrected chi connectivity index (χ0v) is 14.4. The van der Waals surface area contributed by atoms with E-state index in [1.807, 2.05) is 0 Å². The molecule has 0 unspecified atom stereocenters. The normalized spacial score (nSPS) is 10.1. The molecule has 0 saturated heterocycles. The second-order valence-electron chi connectivity index (χ2n) is 5.59. The van der Waals surface area contributed by atoms with Crippen molar-refractivity contribution in [3.63, 3.8) is 0 Å². The van der Waals surface area contributed by atoms with Crippen LogP contribution in [0, 0.1) is 5.82 Å². The van der Waals surface area contributed by atoms with Gasteiger partial charge in [0.15, 0.2) is 0 Å². The maximum Gasteiger partial charge on any atom is 0.337 e. The molecule has 1 amide bonds. The van der Waals surface area contributed by atoms with E-state index in [1.165, 1.54) is 31.5 Å². The van der Waals surface area contributed by atoms with E-state index in [0.717, 1.165) is 0 Å². The van der Waals surface area contributed by atoms with Crippen LogP contribution in [0.25, 0.3) is 0 Å². The minimum absolute atomic E-state index is 0.186. The summed E-state index contributed by atoms with van der Waals surface area (Å²) < 4.78 is 17.6. The third-order valence-corrected chi connectivity index (χ3v) is 3.67. The summed E-state index contributed by atoms with van der Waals surface area (Å²) in [6, 6.07) is 15.5. The van der Waals surface area contributed by atoms with Crippen molar-refractivity contribution in [2.45, 2.75) is 0 Å². The van der Waals surface area contributed by atoms with Crippen LogP contribution in [0.15, 0.2) is 66.9 Å². The van der Waals surface area contributed by atoms with Gasteiger partial charge in [0, 0.05) is 23.3 Å². The van der Waals surface area contributed by atoms with Crippen LogP contribution in [0.1, 0.15) is 20.8 Å². The second kappa shape index (κ2) is 8.09. The second-order valence-corrected chi connectivity index (χ2v) is 5.59. The highest BCUT2D eigenvalue weighted by Crippen LogP contribution is 2.18. The zero-order chi connectivity index (χ0) is 19.2. The van der Waals surface area contributed by atoms with E-state index >= 15 is 0 Å². The Morgan fingerprint density at radius 1 is 0.963 bits per heavy atom. The number of rotatable bonds is 5. The van der Waals surface area contributed by atoms with Crippen molar-refractivity contribution in [2.24, 2.45) is 0 Å². The molecule has 3 aromatic rings. The summed E-state index contributed by atoms with van der Waals surface area (Å²) in [4.78, 5) is 28.1. The van der Waals surface area contributed by atoms with Crippen molar-refractivity contribution in [3.05, 3.63) is 83.9 Å². The first-order valence-corrected chi connectivity index (χ1v) is 8.03. The average Bonchev–Trinajstić information content (AvgIpc) is 2.69. The van der Waals surface area contributed by atoms with Crippen molar-refractivity contribution in [3.8, 4) is 0 Å². The van der Waals surface area contributed by atoms with E-state index in [1.54, 1.807) is 42.5 Å². The molecule has 0 radical (unpaired) electrons. The Morgan fingerprint density at radius 2 is 1.74 bits per heavy atom. The molecule has 6 nitrogen and oxygen atoms in total. The number of nitrogens with one attached hydrogen (secondary N) is 2. The van der Waals surface area contributed by atoms with Gasteiger partial charge in [0.25, 0.3) is 5.91 Å². The van der Waals surface area contributed by atoms with Gasteiger partial charge in [0.1, 0.15) is 11.5 Å². The molecule has 0 atom stereocenters. The molecule has 0 saturated carbocycles. The number of esters is 1. The Balaban J connectivity index is 1.73. The molecule has 0 aliphatic rings. The lowest BCUT2D eigenvalue weighted by atomic mass is 10.2. The Morgan fingerprint density at radius 3 is 2.48 bits per heavy atom. The minimum Gasteiger partial charge on any atom is -0.465 e. The minimum atomic E-state index is -0.491. The van der Waals surface area contributed by atoms with Crippen LogP contribution in [0.4, 0.5) is 21.5 Å². The molecule has 2 N–H and O–H groups in total. The average molecular weight is 365 g/mol. The SMILES string of the molecule is COC(=O)c1cccc(NC(=O)c2cc(Nc3ccc(F)cc3)ccn2)c1. The topological polar surface area (TPSA) is 80.3 Å². The van der Waals surface area contributed by atoms with Crippen LogP contribution in [0.5, 0.6) is 0 Å². The van der Waals surface area contributed by atoms with Gasteiger partial charge < -0.3 is 15.4 Å². The van der Waals surface area contributed by atoms with E-state index < -0.39 is 11.9 Å². The van der Waals surface area contributed by atoms with Crippen LogP contribution in [0.2, 0.25) is 0 Å². The molecule has 7 heteroatoms. The molecule has 3 rings (SSSR count). The lowest BCUT2D eigenvalue weighted by Crippen LogP contribution is -2.14. The maximum absolute atomic E-state index is 13.0. The van der Waals surface area contributed by atoms with Gasteiger partial charge in [-0.05, 0) is 54.6 Å². The van der Waals surface area contributed by atoms with Gasteiger partial charge in [0.05, 0.1) is 12.7 Å². The van der Waals surface area contributed by atoms with Gasteiger partial charge >= 0.3 is 5.97 Å². The molecule has 0 aliphatic heterocycles. The lowest BCUT2D eigenvalue weighted by Gasteiger charge is -2.09. The number of ether oxygens (including phenoxy) is 1. The van der Waals surface area contributed by atoms with Crippen LogP contribution >= 0.6 is 0 Å². The maximum atomic E-state index is 13.0. The van der Waals surface area contributed by atoms with Crippen molar-refractivity contribution >= 4 is 28.9 Å². The van der Waals surface area contributed by atoms with Gasteiger partial charge in [-0.15, -0.1) is 0 Å². The van der Waals surface area contributed by atoms with Gasteiger partial charge in [-0.3, -0.25) is 9.78 Å². The Kier molecular flexibility index (Phi) is 5.41. The molecule has 136 valence electrons. The number of anilines is 3. The Labute approximate surface area is 155 Å². The van der Waals surface area contributed by atoms with Gasteiger partial charge in [0.2, 0.25) is 0 Å². The number of carbonyl (C=O) groups excluding carboxylic acids is 2. The van der Waals surface area contributed by atoms with Crippen molar-refractivity contribution < 1.29 is 18.7 Å². The number of pyridine rings is 1. The number of nitrogens with zero attached hydrogens (tertiary/aromatic N) is 1. The van der Waals surface area contributed by atoms with Crippen molar-refractivity contribution in [1.82, 2.24) is 4.98 Å². The molecule has 0 fully saturated rings. The smallest absolute Gasteiger partial charge is 0.337 e. The molecule has 0 bridgehead atoms. The highest BCUT2D eigenvalue weighted by molar-refractivity contribution is 6.04. The predicted octanol–water partition coefficient (Wildman–Crippen LogP) is 4.00. The van der Waals surface area contributed by atoms with E-state index in [-0.39, 0.29) is 11.5 Å². The van der Waals surface area contributed by atoms with Crippen LogP contribution in [0.3, 0.4) is 0 Å². The lowest BCUT2D eigenvalue weighted by molar-refractivity contribution is 0.0600. The standard InChI is InChI=1S/C20H16FN3O3/c1-27-20(26)13-3-2-4-16(11-13)24-19(25)18-12-17(9-10-22-18)23-15-7-5-14(21)6-8-15/h2-12H,1H3,(H,22,23)(H,24,25). The molecule has 1 aromatic heterocycles. The first-order valence-electron chi connectivity index (χ1n) is 8.03. The van der Waals surface area contributed by atoms with E-state index in [0.29, 0.717) is 22.6 Å². The molecule has 0 spiro atoms. The van der Waals surface area contributed by atoms with Gasteiger partial charge in [-0.1, -0.05) is 6.07 Å². The van der Waals surface area contributed by atoms with E-state index in [9.17, 15) is 14.0 Å². The quantitative estimate of drug-likeness (QED) is 0.668. The molecule has 2 aromatic carbocycles. The molecule has 1 heterocycles. The van der Waals surface area contributed by atoms with Gasteiger partial charge in [-0.25, -0.2) is 9.18 Å². The number of aromatic nitrogens is 1. The summed E-state index contributed by atoms with van der Waals surface area (Å²) in [6.45, 7) is 0. The Hall–Kier alpha value is -3.74. The third-order valence-electron chi connectivity index (χ3n) is 3.67. The largest absolute Gasteiger partial charge is 0.465 e. The van der Waals surface area contributed by atoms with Crippen LogP contribution in [-0.4, -0.2) is 24.0 Å². The highest BCUT2D eigenvalue weighted by Gasteiger charge is 2.11. The summed E-state index contributed by atoms with van der Waals surface area (Å²) >= 11 is 0. The fourth-order valence-corrected chi connectivity index (χ4v) is 2.37. The highest BCUT2D eigenvalue weighted by atomic mass is 19.1. The predicted molar refractivity (Wildman–Crippen MR) is 99.7 cm³/mol. The summed E-state index contributed by atoms with van der Waals surface area (Å²) in [5, 5.41) is 5.76. The number of hydrogen-bond acceptors (Lipinski definition) is 5. The molecule has 0 aliphatic carbocycles.